The van der Waals surface area contributed by atoms with Crippen LogP contribution in [0.1, 0.15) is 104 Å². The number of likely N-dealkylation sites (tertiary alicyclic amines) is 1. The van der Waals surface area contributed by atoms with Crippen LogP contribution in [0.2, 0.25) is 0 Å². The maximum atomic E-state index is 14.5. The van der Waals surface area contributed by atoms with Gasteiger partial charge in [-0.05, 0) is 94.0 Å². The summed E-state index contributed by atoms with van der Waals surface area (Å²) in [5.41, 5.74) is 7.72. The van der Waals surface area contributed by atoms with E-state index in [2.05, 4.69) is 36.0 Å². The Kier molecular flexibility index (Phi) is 11.5. The number of alkyl halides is 3. The van der Waals surface area contributed by atoms with Gasteiger partial charge in [0.15, 0.2) is 17.2 Å². The van der Waals surface area contributed by atoms with E-state index >= 15 is 0 Å². The van der Waals surface area contributed by atoms with Crippen LogP contribution in [0, 0.1) is 5.92 Å². The molecule has 4 aliphatic rings. The predicted octanol–water partition coefficient (Wildman–Crippen LogP) is 5.21. The third-order valence-electron chi connectivity index (χ3n) is 12.1. The SMILES string of the molecule is N[C@@H]1C[C@@H](F)CN(c2nn3cccnc3c2C(=O)Nc2cn(C3CCC(CCN4CCC(Nc5cccc(C6CCC(=O)NC6=O)c5)CC4)CC3)nc2C(F)F)C1. The minimum absolute atomic E-state index is 0.00312. The van der Waals surface area contributed by atoms with Crippen LogP contribution in [0.5, 0.6) is 0 Å². The van der Waals surface area contributed by atoms with Gasteiger partial charge in [0.25, 0.3) is 12.3 Å². The van der Waals surface area contributed by atoms with Gasteiger partial charge in [0, 0.05) is 62.4 Å². The van der Waals surface area contributed by atoms with Crippen molar-refractivity contribution in [2.24, 2.45) is 11.7 Å². The highest BCUT2D eigenvalue weighted by Crippen LogP contribution is 2.37. The van der Waals surface area contributed by atoms with Gasteiger partial charge in [-0.1, -0.05) is 12.1 Å². The Morgan fingerprint density at radius 1 is 1.02 bits per heavy atom. The predicted molar refractivity (Wildman–Crippen MR) is 208 cm³/mol. The first-order valence-electron chi connectivity index (χ1n) is 20.2. The number of benzene rings is 1. The van der Waals surface area contributed by atoms with E-state index in [1.807, 2.05) is 24.3 Å². The number of piperidine rings is 3. The number of imide groups is 1. The second-order valence-electron chi connectivity index (χ2n) is 16.1. The summed E-state index contributed by atoms with van der Waals surface area (Å²) in [6.07, 6.45) is 8.23. The van der Waals surface area contributed by atoms with E-state index in [1.165, 1.54) is 16.9 Å². The zero-order chi connectivity index (χ0) is 39.6. The molecule has 57 heavy (non-hydrogen) atoms. The molecule has 3 aromatic heterocycles. The minimum atomic E-state index is -2.91. The number of carbonyl (C=O) groups is 3. The van der Waals surface area contributed by atoms with Crippen molar-refractivity contribution in [1.29, 1.82) is 0 Å². The minimum Gasteiger partial charge on any atom is -0.382 e. The van der Waals surface area contributed by atoms with Crippen LogP contribution in [-0.2, 0) is 9.59 Å². The number of halogens is 3. The van der Waals surface area contributed by atoms with E-state index in [1.54, 1.807) is 21.8 Å². The van der Waals surface area contributed by atoms with Gasteiger partial charge in [-0.15, -0.1) is 5.10 Å². The maximum Gasteiger partial charge on any atom is 0.284 e. The summed E-state index contributed by atoms with van der Waals surface area (Å²) < 4.78 is 46.2. The molecule has 3 atom stereocenters. The Balaban J connectivity index is 0.830. The Bertz CT molecular complexity index is 2060. The highest BCUT2D eigenvalue weighted by Gasteiger charge is 2.34. The van der Waals surface area contributed by atoms with Crippen LogP contribution >= 0.6 is 0 Å². The molecule has 3 aliphatic heterocycles. The summed E-state index contributed by atoms with van der Waals surface area (Å²) >= 11 is 0. The first-order chi connectivity index (χ1) is 27.6. The van der Waals surface area contributed by atoms with Gasteiger partial charge in [0.2, 0.25) is 11.8 Å². The van der Waals surface area contributed by atoms with Gasteiger partial charge in [0.05, 0.1) is 24.2 Å². The number of fused-ring (bicyclic) bond motifs is 1. The van der Waals surface area contributed by atoms with Gasteiger partial charge >= 0.3 is 0 Å². The molecule has 14 nitrogen and oxygen atoms in total. The number of rotatable bonds is 11. The standard InChI is InChI=1S/C40H50F3N11O3/c41-26-20-27(44)22-52(21-26)38-34(37-45-14-2-15-53(37)50-38)40(57)47-32-23-54(49-35(32)36(42)43)30-7-5-24(6-8-30)11-16-51-17-12-28(13-18-51)46-29-4-1-3-25(19-29)31-9-10-33(55)48-39(31)56/h1-4,14-15,19,23-24,26-28,30-31,36,46H,5-13,16-18,20-22,44H2,(H,47,57)(H,48,55,56)/t24?,26-,27-,30?,31?/m1/s1. The van der Waals surface area contributed by atoms with E-state index < -0.39 is 30.2 Å². The van der Waals surface area contributed by atoms with Gasteiger partial charge in [-0.3, -0.25) is 24.4 Å². The van der Waals surface area contributed by atoms with E-state index in [0.29, 0.717) is 24.8 Å². The molecule has 0 spiro atoms. The summed E-state index contributed by atoms with van der Waals surface area (Å²) in [4.78, 5) is 46.3. The molecular weight excluding hydrogens is 740 g/mol. The fourth-order valence-electron chi connectivity index (χ4n) is 9.04. The molecular formula is C40H50F3N11O3. The molecule has 6 heterocycles. The van der Waals surface area contributed by atoms with Crippen LogP contribution in [0.25, 0.3) is 5.65 Å². The van der Waals surface area contributed by atoms with Crippen molar-refractivity contribution in [1.82, 2.24) is 34.6 Å². The number of anilines is 3. The van der Waals surface area contributed by atoms with E-state index in [9.17, 15) is 27.6 Å². The van der Waals surface area contributed by atoms with Crippen LogP contribution in [0.15, 0.2) is 48.9 Å². The van der Waals surface area contributed by atoms with E-state index in [4.69, 9.17) is 5.73 Å². The van der Waals surface area contributed by atoms with Crippen molar-refractivity contribution in [3.63, 3.8) is 0 Å². The van der Waals surface area contributed by atoms with Crippen molar-refractivity contribution < 1.29 is 27.6 Å². The molecule has 3 amide bonds. The fourth-order valence-corrected chi connectivity index (χ4v) is 9.04. The first kappa shape index (κ1) is 38.8. The van der Waals surface area contributed by atoms with Gasteiger partial charge < -0.3 is 26.2 Å². The Hall–Kier alpha value is -5.03. The van der Waals surface area contributed by atoms with Crippen molar-refractivity contribution in [2.45, 2.75) is 101 Å². The lowest BCUT2D eigenvalue weighted by Gasteiger charge is -2.35. The van der Waals surface area contributed by atoms with Crippen molar-refractivity contribution in [3.05, 3.63) is 65.7 Å². The number of aromatic nitrogens is 5. The molecule has 4 aromatic rings. The normalized spacial score (nSPS) is 25.2. The van der Waals surface area contributed by atoms with Crippen LogP contribution in [-0.4, -0.2) is 98.0 Å². The summed E-state index contributed by atoms with van der Waals surface area (Å²) in [6.45, 7) is 3.29. The fraction of sp³-hybridized carbons (Fsp3) is 0.550. The molecule has 4 fully saturated rings. The highest BCUT2D eigenvalue weighted by atomic mass is 19.3. The number of hydrogen-bond acceptors (Lipinski definition) is 10. The number of hydrogen-bond donors (Lipinski definition) is 4. The number of nitrogens with two attached hydrogens (primary N) is 1. The summed E-state index contributed by atoms with van der Waals surface area (Å²) in [7, 11) is 0. The Morgan fingerprint density at radius 2 is 1.82 bits per heavy atom. The molecule has 1 aromatic carbocycles. The average Bonchev–Trinajstić information content (AvgIpc) is 3.80. The zero-order valence-corrected chi connectivity index (χ0v) is 31.8. The average molecular weight is 790 g/mol. The molecule has 8 rings (SSSR count). The van der Waals surface area contributed by atoms with Crippen LogP contribution in [0.3, 0.4) is 0 Å². The molecule has 1 saturated carbocycles. The second kappa shape index (κ2) is 16.8. The quantitative estimate of drug-likeness (QED) is 0.148. The van der Waals surface area contributed by atoms with E-state index in [-0.39, 0.29) is 66.0 Å². The third kappa shape index (κ3) is 8.78. The zero-order valence-electron chi connectivity index (χ0n) is 31.8. The van der Waals surface area contributed by atoms with E-state index in [0.717, 1.165) is 75.8 Å². The maximum absolute atomic E-state index is 14.5. The topological polar surface area (TPSA) is 168 Å². The van der Waals surface area contributed by atoms with Crippen molar-refractivity contribution in [3.8, 4) is 0 Å². The second-order valence-corrected chi connectivity index (χ2v) is 16.1. The van der Waals surface area contributed by atoms with Gasteiger partial charge in [-0.25, -0.2) is 22.7 Å². The summed E-state index contributed by atoms with van der Waals surface area (Å²) in [5, 5.41) is 17.5. The molecule has 3 saturated heterocycles. The van der Waals surface area contributed by atoms with Gasteiger partial charge in [0.1, 0.15) is 11.7 Å². The smallest absolute Gasteiger partial charge is 0.284 e. The molecule has 1 unspecified atom stereocenters. The lowest BCUT2D eigenvalue weighted by Crippen LogP contribution is -2.48. The summed E-state index contributed by atoms with van der Waals surface area (Å²) in [6, 6.07) is 9.44. The summed E-state index contributed by atoms with van der Waals surface area (Å²) in [5.74, 6) is -0.693. The third-order valence-corrected chi connectivity index (χ3v) is 12.1. The van der Waals surface area contributed by atoms with Crippen LogP contribution in [0.4, 0.5) is 30.4 Å². The number of carbonyl (C=O) groups excluding carboxylic acids is 3. The lowest BCUT2D eigenvalue weighted by molar-refractivity contribution is -0.134. The number of nitrogens with one attached hydrogen (secondary N) is 3. The van der Waals surface area contributed by atoms with Crippen molar-refractivity contribution >= 4 is 40.6 Å². The number of amides is 3. The first-order valence-corrected chi connectivity index (χ1v) is 20.2. The monoisotopic (exact) mass is 789 g/mol. The lowest BCUT2D eigenvalue weighted by atomic mass is 9.84. The molecule has 304 valence electrons. The highest BCUT2D eigenvalue weighted by molar-refractivity contribution is 6.12. The molecule has 0 bridgehead atoms. The Morgan fingerprint density at radius 3 is 2.58 bits per heavy atom. The van der Waals surface area contributed by atoms with Crippen LogP contribution < -0.4 is 26.6 Å². The number of nitrogens with zero attached hydrogens (tertiary/aromatic N) is 7. The molecule has 0 radical (unpaired) electrons. The van der Waals surface area contributed by atoms with Crippen molar-refractivity contribution in [2.75, 3.05) is 48.3 Å². The molecule has 1 aliphatic carbocycles. The molecule has 17 heteroatoms. The largest absolute Gasteiger partial charge is 0.382 e. The Labute approximate surface area is 328 Å². The molecule has 5 N–H and O–H groups in total. The van der Waals surface area contributed by atoms with Gasteiger partial charge in [-0.2, -0.15) is 5.10 Å².